The van der Waals surface area contributed by atoms with Crippen LogP contribution in [0.2, 0.25) is 5.15 Å². The summed E-state index contributed by atoms with van der Waals surface area (Å²) >= 11 is 5.83. The lowest BCUT2D eigenvalue weighted by atomic mass is 9.95. The van der Waals surface area contributed by atoms with Crippen LogP contribution in [0.4, 0.5) is 0 Å². The third-order valence-corrected chi connectivity index (χ3v) is 4.26. The van der Waals surface area contributed by atoms with Gasteiger partial charge in [0.15, 0.2) is 10.6 Å². The van der Waals surface area contributed by atoms with E-state index in [0.29, 0.717) is 11.4 Å². The highest BCUT2D eigenvalue weighted by Crippen LogP contribution is 2.51. The molecule has 1 spiro atoms. The predicted octanol–water partition coefficient (Wildman–Crippen LogP) is 1.67. The Hall–Kier alpha value is -1.36. The highest BCUT2D eigenvalue weighted by Gasteiger charge is 2.46. The first-order valence-corrected chi connectivity index (χ1v) is 6.61. The summed E-state index contributed by atoms with van der Waals surface area (Å²) in [4.78, 5) is 5.91. The first-order valence-electron chi connectivity index (χ1n) is 6.23. The van der Waals surface area contributed by atoms with E-state index in [1.54, 1.807) is 6.20 Å². The van der Waals surface area contributed by atoms with Crippen LogP contribution in [0, 0.1) is 16.2 Å². The van der Waals surface area contributed by atoms with Crippen molar-refractivity contribution in [1.29, 1.82) is 10.8 Å². The molecule has 2 fully saturated rings. The molecule has 0 aromatic carbocycles. The van der Waals surface area contributed by atoms with E-state index in [2.05, 4.69) is 9.88 Å². The molecule has 0 amide bonds. The lowest BCUT2D eigenvalue weighted by Crippen LogP contribution is -2.46. The van der Waals surface area contributed by atoms with Gasteiger partial charge in [-0.2, -0.15) is 0 Å². The van der Waals surface area contributed by atoms with Crippen LogP contribution in [-0.4, -0.2) is 33.5 Å². The van der Waals surface area contributed by atoms with Gasteiger partial charge in [0.2, 0.25) is 5.96 Å². The Balaban J connectivity index is 1.86. The minimum absolute atomic E-state index is 0.0830. The van der Waals surface area contributed by atoms with Gasteiger partial charge in [-0.05, 0) is 31.1 Å². The van der Waals surface area contributed by atoms with Crippen molar-refractivity contribution in [1.82, 2.24) is 14.5 Å². The maximum absolute atomic E-state index is 8.25. The van der Waals surface area contributed by atoms with Crippen molar-refractivity contribution in [2.24, 2.45) is 5.41 Å². The molecule has 0 radical (unpaired) electrons. The normalized spacial score (nSPS) is 21.1. The van der Waals surface area contributed by atoms with E-state index >= 15 is 0 Å². The topological polar surface area (TPSA) is 68.8 Å². The second-order valence-corrected chi connectivity index (χ2v) is 5.64. The van der Waals surface area contributed by atoms with Gasteiger partial charge in [-0.15, -0.1) is 0 Å². The number of piperidine rings is 1. The molecule has 18 heavy (non-hydrogen) atoms. The Bertz CT molecular complexity index is 546. The Labute approximate surface area is 110 Å². The van der Waals surface area contributed by atoms with Crippen LogP contribution in [0.5, 0.6) is 0 Å². The van der Waals surface area contributed by atoms with Gasteiger partial charge in [-0.25, -0.2) is 4.98 Å². The third kappa shape index (κ3) is 1.92. The highest BCUT2D eigenvalue weighted by molar-refractivity contribution is 6.29. The average Bonchev–Trinajstić information content (AvgIpc) is 3.11. The summed E-state index contributed by atoms with van der Waals surface area (Å²) in [5, 5.41) is 16.2. The number of nitrogens with one attached hydrogen (secondary N) is 2. The Kier molecular flexibility index (Phi) is 2.66. The number of likely N-dealkylation sites (tertiary alicyclic amines) is 1. The van der Waals surface area contributed by atoms with Crippen LogP contribution >= 0.6 is 11.6 Å². The zero-order chi connectivity index (χ0) is 12.8. The molecular weight excluding hydrogens is 250 g/mol. The summed E-state index contributed by atoms with van der Waals surface area (Å²) in [7, 11) is 0. The summed E-state index contributed by atoms with van der Waals surface area (Å²) in [5.41, 5.74) is 0.545. The Morgan fingerprint density at radius 1 is 1.39 bits per heavy atom. The summed E-state index contributed by atoms with van der Waals surface area (Å²) < 4.78 is 1.50. The van der Waals surface area contributed by atoms with E-state index in [1.165, 1.54) is 30.0 Å². The zero-order valence-corrected chi connectivity index (χ0v) is 10.9. The maximum atomic E-state index is 8.25. The van der Waals surface area contributed by atoms with Crippen LogP contribution in [0.3, 0.4) is 0 Å². The number of hydrogen-bond donors (Lipinski definition) is 2. The SMILES string of the molecule is N=C(N1CCCC2(CC2)C1)n1ccnc(Cl)c1=N. The van der Waals surface area contributed by atoms with Crippen LogP contribution in [0.25, 0.3) is 0 Å². The molecule has 2 N–H and O–H groups in total. The van der Waals surface area contributed by atoms with Crippen molar-refractivity contribution in [2.45, 2.75) is 25.7 Å². The molecule has 1 aliphatic carbocycles. The second kappa shape index (κ2) is 4.09. The van der Waals surface area contributed by atoms with Gasteiger partial charge in [0.25, 0.3) is 0 Å². The van der Waals surface area contributed by atoms with Gasteiger partial charge in [0.1, 0.15) is 0 Å². The fraction of sp³-hybridized carbons (Fsp3) is 0.583. The molecule has 96 valence electrons. The molecule has 0 unspecified atom stereocenters. The van der Waals surface area contributed by atoms with E-state index < -0.39 is 0 Å². The molecule has 5 nitrogen and oxygen atoms in total. The fourth-order valence-corrected chi connectivity index (χ4v) is 2.85. The van der Waals surface area contributed by atoms with Crippen LogP contribution in [-0.2, 0) is 0 Å². The molecule has 2 heterocycles. The Morgan fingerprint density at radius 3 is 2.89 bits per heavy atom. The van der Waals surface area contributed by atoms with E-state index in [-0.39, 0.29) is 10.6 Å². The monoisotopic (exact) mass is 265 g/mol. The van der Waals surface area contributed by atoms with Crippen molar-refractivity contribution < 1.29 is 0 Å². The van der Waals surface area contributed by atoms with Gasteiger partial charge in [-0.3, -0.25) is 15.4 Å². The van der Waals surface area contributed by atoms with Crippen molar-refractivity contribution in [3.05, 3.63) is 23.0 Å². The maximum Gasteiger partial charge on any atom is 0.203 e. The summed E-state index contributed by atoms with van der Waals surface area (Å²) in [6, 6.07) is 0. The predicted molar refractivity (Wildman–Crippen MR) is 68.7 cm³/mol. The Morgan fingerprint density at radius 2 is 2.17 bits per heavy atom. The molecule has 1 saturated heterocycles. The molecule has 2 aliphatic rings. The summed E-state index contributed by atoms with van der Waals surface area (Å²) in [5.74, 6) is 0.343. The third-order valence-electron chi connectivity index (χ3n) is 3.99. The first kappa shape index (κ1) is 11.7. The number of hydrogen-bond acceptors (Lipinski definition) is 3. The molecule has 3 rings (SSSR count). The van der Waals surface area contributed by atoms with E-state index in [4.69, 9.17) is 22.4 Å². The van der Waals surface area contributed by atoms with Crippen LogP contribution in [0.15, 0.2) is 12.4 Å². The molecule has 1 saturated carbocycles. The molecule has 6 heteroatoms. The van der Waals surface area contributed by atoms with Gasteiger partial charge < -0.3 is 4.90 Å². The van der Waals surface area contributed by atoms with Gasteiger partial charge in [0.05, 0.1) is 0 Å². The number of halogens is 1. The summed E-state index contributed by atoms with van der Waals surface area (Å²) in [6.45, 7) is 1.84. The minimum atomic E-state index is 0.0830. The van der Waals surface area contributed by atoms with E-state index in [1.807, 2.05) is 0 Å². The quantitative estimate of drug-likeness (QED) is 0.553. The first-order chi connectivity index (χ1) is 8.61. The molecule has 0 atom stereocenters. The standard InChI is InChI=1S/C12H16ClN5/c13-9-10(14)18(7-5-16-9)11(15)17-6-1-2-12(8-17)3-4-12/h5,7,14-15H,1-4,6,8H2. The highest BCUT2D eigenvalue weighted by atomic mass is 35.5. The molecule has 1 aromatic heterocycles. The molecule has 0 bridgehead atoms. The lowest BCUT2D eigenvalue weighted by Gasteiger charge is -2.34. The zero-order valence-electron chi connectivity index (χ0n) is 10.1. The number of rotatable bonds is 0. The van der Waals surface area contributed by atoms with Crippen LogP contribution < -0.4 is 5.49 Å². The molecular formula is C12H16ClN5. The summed E-state index contributed by atoms with van der Waals surface area (Å²) in [6.07, 6.45) is 8.15. The minimum Gasteiger partial charge on any atom is -0.342 e. The number of aromatic nitrogens is 2. The largest absolute Gasteiger partial charge is 0.342 e. The van der Waals surface area contributed by atoms with Crippen molar-refractivity contribution >= 4 is 17.6 Å². The van der Waals surface area contributed by atoms with Gasteiger partial charge in [-0.1, -0.05) is 11.6 Å². The van der Waals surface area contributed by atoms with E-state index in [9.17, 15) is 0 Å². The van der Waals surface area contributed by atoms with E-state index in [0.717, 1.165) is 19.5 Å². The van der Waals surface area contributed by atoms with Crippen molar-refractivity contribution in [3.8, 4) is 0 Å². The smallest absolute Gasteiger partial charge is 0.203 e. The lowest BCUT2D eigenvalue weighted by molar-refractivity contribution is 0.234. The fourth-order valence-electron chi connectivity index (χ4n) is 2.70. The van der Waals surface area contributed by atoms with Gasteiger partial charge in [0, 0.05) is 25.5 Å². The number of nitrogens with zero attached hydrogens (tertiary/aromatic N) is 3. The molecule has 1 aromatic rings. The van der Waals surface area contributed by atoms with Crippen LogP contribution in [0.1, 0.15) is 25.7 Å². The van der Waals surface area contributed by atoms with Crippen molar-refractivity contribution in [3.63, 3.8) is 0 Å². The average molecular weight is 266 g/mol. The second-order valence-electron chi connectivity index (χ2n) is 5.29. The van der Waals surface area contributed by atoms with Gasteiger partial charge >= 0.3 is 0 Å². The molecule has 1 aliphatic heterocycles. The van der Waals surface area contributed by atoms with Crippen molar-refractivity contribution in [2.75, 3.05) is 13.1 Å².